The molecule has 2 aromatic heterocycles. The normalized spacial score (nSPS) is 17.5. The number of fused-ring (bicyclic) bond motifs is 1. The molecule has 0 saturated carbocycles. The summed E-state index contributed by atoms with van der Waals surface area (Å²) in [5, 5.41) is 0. The van der Waals surface area contributed by atoms with Crippen LogP contribution in [0.5, 0.6) is 0 Å². The zero-order chi connectivity index (χ0) is 18.6. The molecule has 6 nitrogen and oxygen atoms in total. The molecule has 6 heteroatoms. The van der Waals surface area contributed by atoms with Crippen molar-refractivity contribution < 1.29 is 4.79 Å². The molecule has 1 aromatic carbocycles. The minimum atomic E-state index is 0.250. The van der Waals surface area contributed by atoms with Gasteiger partial charge in [-0.3, -0.25) is 4.79 Å². The molecule has 27 heavy (non-hydrogen) atoms. The summed E-state index contributed by atoms with van der Waals surface area (Å²) in [5.41, 5.74) is 2.10. The Balaban J connectivity index is 1.33. The molecule has 1 atom stereocenters. The van der Waals surface area contributed by atoms with E-state index in [4.69, 9.17) is 4.98 Å². The van der Waals surface area contributed by atoms with Crippen molar-refractivity contribution in [2.75, 3.05) is 13.1 Å². The lowest BCUT2D eigenvalue weighted by Crippen LogP contribution is -2.40. The first-order valence-corrected chi connectivity index (χ1v) is 9.94. The highest BCUT2D eigenvalue weighted by atomic mass is 16.2. The largest absolute Gasteiger partial charge is 0.342 e. The van der Waals surface area contributed by atoms with Crippen LogP contribution in [-0.4, -0.2) is 43.4 Å². The Morgan fingerprint density at radius 1 is 1.33 bits per heavy atom. The Bertz CT molecular complexity index is 879. The van der Waals surface area contributed by atoms with Crippen molar-refractivity contribution in [2.45, 2.75) is 45.6 Å². The number of benzene rings is 1. The van der Waals surface area contributed by atoms with E-state index < -0.39 is 0 Å². The Hall–Kier alpha value is -2.63. The number of hydrogen-bond donors (Lipinski definition) is 1. The van der Waals surface area contributed by atoms with Gasteiger partial charge in [0.15, 0.2) is 0 Å². The summed E-state index contributed by atoms with van der Waals surface area (Å²) in [4.78, 5) is 27.2. The van der Waals surface area contributed by atoms with Crippen molar-refractivity contribution in [1.29, 1.82) is 0 Å². The number of carbonyl (C=O) groups is 1. The number of H-pyrrole nitrogens is 1. The molecular weight excluding hydrogens is 338 g/mol. The molecule has 3 heterocycles. The van der Waals surface area contributed by atoms with E-state index in [0.29, 0.717) is 18.9 Å². The summed E-state index contributed by atoms with van der Waals surface area (Å²) in [6.45, 7) is 4.52. The van der Waals surface area contributed by atoms with Crippen LogP contribution in [0.3, 0.4) is 0 Å². The number of nitrogens with zero attached hydrogens (tertiary/aromatic N) is 4. The van der Waals surface area contributed by atoms with Gasteiger partial charge in [-0.05, 0) is 30.9 Å². The van der Waals surface area contributed by atoms with Gasteiger partial charge in [-0.1, -0.05) is 19.1 Å². The van der Waals surface area contributed by atoms with E-state index in [-0.39, 0.29) is 5.91 Å². The van der Waals surface area contributed by atoms with Crippen LogP contribution in [0, 0.1) is 5.92 Å². The Morgan fingerprint density at radius 3 is 3.07 bits per heavy atom. The van der Waals surface area contributed by atoms with Gasteiger partial charge in [0, 0.05) is 51.3 Å². The summed E-state index contributed by atoms with van der Waals surface area (Å²) in [6, 6.07) is 8.13. The van der Waals surface area contributed by atoms with Crippen LogP contribution in [0.4, 0.5) is 0 Å². The van der Waals surface area contributed by atoms with Crippen molar-refractivity contribution in [3.8, 4) is 0 Å². The maximum atomic E-state index is 12.7. The first kappa shape index (κ1) is 17.8. The maximum Gasteiger partial charge on any atom is 0.224 e. The van der Waals surface area contributed by atoms with E-state index in [0.717, 1.165) is 61.5 Å². The molecule has 1 saturated heterocycles. The van der Waals surface area contributed by atoms with Gasteiger partial charge in [0.05, 0.1) is 11.0 Å². The molecule has 142 valence electrons. The number of likely N-dealkylation sites (tertiary alicyclic amines) is 1. The van der Waals surface area contributed by atoms with Gasteiger partial charge in [-0.15, -0.1) is 0 Å². The van der Waals surface area contributed by atoms with Crippen LogP contribution in [0.25, 0.3) is 11.0 Å². The molecule has 0 spiro atoms. The lowest BCUT2D eigenvalue weighted by molar-refractivity contribution is -0.133. The average Bonchev–Trinajstić information content (AvgIpc) is 3.31. The lowest BCUT2D eigenvalue weighted by Gasteiger charge is -2.32. The van der Waals surface area contributed by atoms with Crippen LogP contribution in [0.2, 0.25) is 0 Å². The first-order chi connectivity index (χ1) is 13.2. The Kier molecular flexibility index (Phi) is 5.23. The molecule has 1 aliphatic rings. The fourth-order valence-electron chi connectivity index (χ4n) is 4.07. The Morgan fingerprint density at radius 2 is 2.22 bits per heavy atom. The fourth-order valence-corrected chi connectivity index (χ4v) is 4.07. The van der Waals surface area contributed by atoms with E-state index in [9.17, 15) is 4.79 Å². The van der Waals surface area contributed by atoms with Crippen molar-refractivity contribution >= 4 is 16.9 Å². The second kappa shape index (κ2) is 7.94. The van der Waals surface area contributed by atoms with Crippen LogP contribution < -0.4 is 0 Å². The van der Waals surface area contributed by atoms with Crippen molar-refractivity contribution in [1.82, 2.24) is 24.4 Å². The second-order valence-electron chi connectivity index (χ2n) is 7.39. The number of aromatic nitrogens is 4. The quantitative estimate of drug-likeness (QED) is 0.729. The van der Waals surface area contributed by atoms with Gasteiger partial charge in [-0.25, -0.2) is 9.97 Å². The van der Waals surface area contributed by atoms with E-state index >= 15 is 0 Å². The molecule has 0 bridgehead atoms. The number of aryl methyl sites for hydroxylation is 2. The van der Waals surface area contributed by atoms with E-state index in [2.05, 4.69) is 27.5 Å². The van der Waals surface area contributed by atoms with Gasteiger partial charge in [-0.2, -0.15) is 0 Å². The smallest absolute Gasteiger partial charge is 0.224 e. The van der Waals surface area contributed by atoms with Crippen LogP contribution >= 0.6 is 0 Å². The number of carbonyl (C=O) groups excluding carboxylic acids is 1. The number of piperidine rings is 1. The van der Waals surface area contributed by atoms with Crippen LogP contribution in [0.15, 0.2) is 36.7 Å². The SMILES string of the molecule is CCc1nccn1CCC(=O)N1CCCC(Cc2nc3ccccc3[nH]2)C1. The minimum absolute atomic E-state index is 0.250. The number of rotatable bonds is 6. The monoisotopic (exact) mass is 365 g/mol. The minimum Gasteiger partial charge on any atom is -0.342 e. The van der Waals surface area contributed by atoms with Gasteiger partial charge >= 0.3 is 0 Å². The number of hydrogen-bond acceptors (Lipinski definition) is 3. The number of amides is 1. The van der Waals surface area contributed by atoms with Crippen molar-refractivity contribution in [3.05, 3.63) is 48.3 Å². The van der Waals surface area contributed by atoms with Gasteiger partial charge < -0.3 is 14.5 Å². The van der Waals surface area contributed by atoms with Crippen molar-refractivity contribution in [3.63, 3.8) is 0 Å². The number of imidazole rings is 2. The molecule has 0 radical (unpaired) electrons. The molecule has 1 amide bonds. The molecule has 1 unspecified atom stereocenters. The van der Waals surface area contributed by atoms with E-state index in [1.165, 1.54) is 0 Å². The van der Waals surface area contributed by atoms with Crippen LogP contribution in [-0.2, 0) is 24.2 Å². The predicted octanol–water partition coefficient (Wildman–Crippen LogP) is 3.19. The van der Waals surface area contributed by atoms with E-state index in [1.54, 1.807) is 0 Å². The summed E-state index contributed by atoms with van der Waals surface area (Å²) < 4.78 is 2.09. The predicted molar refractivity (Wildman–Crippen MR) is 105 cm³/mol. The third-order valence-corrected chi connectivity index (χ3v) is 5.48. The fraction of sp³-hybridized carbons (Fsp3) is 0.476. The van der Waals surface area contributed by atoms with E-state index in [1.807, 2.05) is 35.5 Å². The van der Waals surface area contributed by atoms with Crippen molar-refractivity contribution in [2.24, 2.45) is 5.92 Å². The molecule has 4 rings (SSSR count). The highest BCUT2D eigenvalue weighted by molar-refractivity contribution is 5.76. The van der Waals surface area contributed by atoms with Crippen LogP contribution in [0.1, 0.15) is 37.8 Å². The molecule has 3 aromatic rings. The number of para-hydroxylation sites is 2. The average molecular weight is 365 g/mol. The summed E-state index contributed by atoms with van der Waals surface area (Å²) in [7, 11) is 0. The van der Waals surface area contributed by atoms with Gasteiger partial charge in [0.2, 0.25) is 5.91 Å². The zero-order valence-electron chi connectivity index (χ0n) is 15.9. The second-order valence-corrected chi connectivity index (χ2v) is 7.39. The molecule has 1 fully saturated rings. The number of aromatic amines is 1. The Labute approximate surface area is 159 Å². The molecule has 1 aliphatic heterocycles. The third-order valence-electron chi connectivity index (χ3n) is 5.48. The summed E-state index contributed by atoms with van der Waals surface area (Å²) >= 11 is 0. The number of nitrogens with one attached hydrogen (secondary N) is 1. The summed E-state index contributed by atoms with van der Waals surface area (Å²) in [5.74, 6) is 2.80. The molecule has 0 aliphatic carbocycles. The lowest BCUT2D eigenvalue weighted by atomic mass is 9.94. The standard InChI is InChI=1S/C21H27N5O/c1-2-20-22-10-13-25(20)12-9-21(27)26-11-5-6-16(15-26)14-19-23-17-7-3-4-8-18(17)24-19/h3-4,7-8,10,13,16H,2,5-6,9,11-12,14-15H2,1H3,(H,23,24). The molecule has 1 N–H and O–H groups in total. The highest BCUT2D eigenvalue weighted by Gasteiger charge is 2.24. The van der Waals surface area contributed by atoms with Gasteiger partial charge in [0.1, 0.15) is 11.6 Å². The highest BCUT2D eigenvalue weighted by Crippen LogP contribution is 2.22. The first-order valence-electron chi connectivity index (χ1n) is 9.94. The summed E-state index contributed by atoms with van der Waals surface area (Å²) in [6.07, 6.45) is 8.34. The third kappa shape index (κ3) is 4.04. The topological polar surface area (TPSA) is 66.8 Å². The molecular formula is C21H27N5O. The zero-order valence-corrected chi connectivity index (χ0v) is 15.9. The van der Waals surface area contributed by atoms with Gasteiger partial charge in [0.25, 0.3) is 0 Å². The maximum absolute atomic E-state index is 12.7.